The monoisotopic (exact) mass is 275 g/mol. The summed E-state index contributed by atoms with van der Waals surface area (Å²) in [6, 6.07) is 3.02. The number of nitrogens with zero attached hydrogens (tertiary/aromatic N) is 2. The van der Waals surface area contributed by atoms with Gasteiger partial charge in [0.1, 0.15) is 0 Å². The van der Waals surface area contributed by atoms with Gasteiger partial charge in [0.15, 0.2) is 0 Å². The lowest BCUT2D eigenvalue weighted by Crippen LogP contribution is -2.36. The third-order valence-corrected chi connectivity index (χ3v) is 4.29. The fraction of sp³-hybridized carbons (Fsp3) is 0.688. The number of pyridine rings is 1. The standard InChI is InChI=1S/C16H25N3O/c1-11(2)17-9-12-8-13-10-18(3)7-6-15(13)19(16(12)20)14-4-5-14/h8,11,14,17H,4-7,9-10H2,1-3H3. The molecule has 20 heavy (non-hydrogen) atoms. The molecule has 3 rings (SSSR count). The van der Waals surface area contributed by atoms with Crippen molar-refractivity contribution in [1.29, 1.82) is 0 Å². The zero-order chi connectivity index (χ0) is 14.3. The fourth-order valence-corrected chi connectivity index (χ4v) is 3.03. The van der Waals surface area contributed by atoms with E-state index in [4.69, 9.17) is 0 Å². The highest BCUT2D eigenvalue weighted by Gasteiger charge is 2.30. The molecule has 0 spiro atoms. The van der Waals surface area contributed by atoms with Crippen molar-refractivity contribution in [2.45, 2.75) is 58.3 Å². The first-order valence-electron chi connectivity index (χ1n) is 7.74. The largest absolute Gasteiger partial charge is 0.310 e. The maximum absolute atomic E-state index is 12.7. The Morgan fingerprint density at radius 2 is 2.15 bits per heavy atom. The van der Waals surface area contributed by atoms with Gasteiger partial charge in [0.2, 0.25) is 0 Å². The molecular formula is C16H25N3O. The Kier molecular flexibility index (Phi) is 3.69. The van der Waals surface area contributed by atoms with Crippen LogP contribution in [0.25, 0.3) is 0 Å². The van der Waals surface area contributed by atoms with Gasteiger partial charge in [0.25, 0.3) is 5.56 Å². The molecule has 1 fully saturated rings. The molecule has 0 aromatic carbocycles. The Hall–Kier alpha value is -1.13. The molecule has 2 heterocycles. The van der Waals surface area contributed by atoms with Crippen molar-refractivity contribution in [1.82, 2.24) is 14.8 Å². The Morgan fingerprint density at radius 3 is 2.80 bits per heavy atom. The van der Waals surface area contributed by atoms with E-state index < -0.39 is 0 Å². The zero-order valence-corrected chi connectivity index (χ0v) is 12.8. The molecule has 2 aliphatic rings. The van der Waals surface area contributed by atoms with Crippen molar-refractivity contribution in [3.8, 4) is 0 Å². The minimum atomic E-state index is 0.240. The summed E-state index contributed by atoms with van der Waals surface area (Å²) in [7, 11) is 2.15. The SMILES string of the molecule is CC(C)NCc1cc2c(n(C3CC3)c1=O)CCN(C)C2. The number of aromatic nitrogens is 1. The molecule has 0 unspecified atom stereocenters. The van der Waals surface area contributed by atoms with E-state index in [-0.39, 0.29) is 5.56 Å². The van der Waals surface area contributed by atoms with Crippen LogP contribution >= 0.6 is 0 Å². The number of hydrogen-bond acceptors (Lipinski definition) is 3. The van der Waals surface area contributed by atoms with Gasteiger partial charge < -0.3 is 14.8 Å². The molecule has 1 aromatic heterocycles. The van der Waals surface area contributed by atoms with E-state index in [1.807, 2.05) is 0 Å². The number of nitrogens with one attached hydrogen (secondary N) is 1. The second-order valence-corrected chi connectivity index (χ2v) is 6.57. The molecular weight excluding hydrogens is 250 g/mol. The lowest BCUT2D eigenvalue weighted by molar-refractivity contribution is 0.303. The highest BCUT2D eigenvalue weighted by molar-refractivity contribution is 5.30. The number of likely N-dealkylation sites (N-methyl/N-ethyl adjacent to an activating group) is 1. The zero-order valence-electron chi connectivity index (χ0n) is 12.8. The highest BCUT2D eigenvalue weighted by Crippen LogP contribution is 2.36. The summed E-state index contributed by atoms with van der Waals surface area (Å²) in [5.74, 6) is 0. The smallest absolute Gasteiger partial charge is 0.255 e. The maximum Gasteiger partial charge on any atom is 0.255 e. The average Bonchev–Trinajstić information content (AvgIpc) is 3.21. The van der Waals surface area contributed by atoms with E-state index in [1.54, 1.807) is 0 Å². The Labute approximate surface area is 120 Å². The van der Waals surface area contributed by atoms with Crippen molar-refractivity contribution in [2.75, 3.05) is 13.6 Å². The first kappa shape index (κ1) is 13.8. The second-order valence-electron chi connectivity index (χ2n) is 6.57. The van der Waals surface area contributed by atoms with E-state index in [0.29, 0.717) is 18.6 Å². The van der Waals surface area contributed by atoms with Gasteiger partial charge in [0, 0.05) is 49.4 Å². The molecule has 1 aromatic rings. The first-order valence-corrected chi connectivity index (χ1v) is 7.74. The van der Waals surface area contributed by atoms with Gasteiger partial charge in [-0.1, -0.05) is 13.8 Å². The van der Waals surface area contributed by atoms with Crippen LogP contribution in [0.1, 0.15) is 49.6 Å². The lowest BCUT2D eigenvalue weighted by atomic mass is 10.0. The summed E-state index contributed by atoms with van der Waals surface area (Å²) < 4.78 is 2.11. The highest BCUT2D eigenvalue weighted by atomic mass is 16.1. The molecule has 0 radical (unpaired) electrons. The molecule has 1 aliphatic carbocycles. The van der Waals surface area contributed by atoms with Crippen molar-refractivity contribution >= 4 is 0 Å². The maximum atomic E-state index is 12.7. The number of fused-ring (bicyclic) bond motifs is 1. The van der Waals surface area contributed by atoms with Crippen LogP contribution in [0.4, 0.5) is 0 Å². The molecule has 0 atom stereocenters. The summed E-state index contributed by atoms with van der Waals surface area (Å²) in [4.78, 5) is 15.1. The third-order valence-electron chi connectivity index (χ3n) is 4.29. The molecule has 1 saturated carbocycles. The minimum Gasteiger partial charge on any atom is -0.310 e. The number of rotatable bonds is 4. The van der Waals surface area contributed by atoms with Gasteiger partial charge in [-0.3, -0.25) is 4.79 Å². The Morgan fingerprint density at radius 1 is 1.40 bits per heavy atom. The molecule has 0 saturated heterocycles. The van der Waals surface area contributed by atoms with Crippen molar-refractivity contribution < 1.29 is 0 Å². The van der Waals surface area contributed by atoms with E-state index in [9.17, 15) is 4.79 Å². The van der Waals surface area contributed by atoms with Gasteiger partial charge in [0.05, 0.1) is 0 Å². The van der Waals surface area contributed by atoms with Crippen molar-refractivity contribution in [3.05, 3.63) is 33.2 Å². The fourth-order valence-electron chi connectivity index (χ4n) is 3.03. The summed E-state index contributed by atoms with van der Waals surface area (Å²) in [6.45, 7) is 6.94. The minimum absolute atomic E-state index is 0.240. The van der Waals surface area contributed by atoms with E-state index >= 15 is 0 Å². The van der Waals surface area contributed by atoms with E-state index in [1.165, 1.54) is 24.1 Å². The van der Waals surface area contributed by atoms with Gasteiger partial charge in [-0.05, 0) is 31.5 Å². The van der Waals surface area contributed by atoms with Crippen LogP contribution in [0.15, 0.2) is 10.9 Å². The summed E-state index contributed by atoms with van der Waals surface area (Å²) in [5.41, 5.74) is 3.82. The topological polar surface area (TPSA) is 37.3 Å². The van der Waals surface area contributed by atoms with Crippen LogP contribution < -0.4 is 10.9 Å². The van der Waals surface area contributed by atoms with Gasteiger partial charge in [-0.2, -0.15) is 0 Å². The predicted molar refractivity (Wildman–Crippen MR) is 81.0 cm³/mol. The van der Waals surface area contributed by atoms with Crippen LogP contribution in [0.2, 0.25) is 0 Å². The summed E-state index contributed by atoms with van der Waals surface area (Å²) in [5, 5.41) is 3.38. The normalized spacial score (nSPS) is 19.4. The predicted octanol–water partition coefficient (Wildman–Crippen LogP) is 1.67. The Bertz CT molecular complexity index is 558. The van der Waals surface area contributed by atoms with Crippen molar-refractivity contribution in [3.63, 3.8) is 0 Å². The van der Waals surface area contributed by atoms with Crippen molar-refractivity contribution in [2.24, 2.45) is 0 Å². The third kappa shape index (κ3) is 2.67. The second kappa shape index (κ2) is 5.34. The van der Waals surface area contributed by atoms with Gasteiger partial charge in [-0.25, -0.2) is 0 Å². The van der Waals surface area contributed by atoms with Crippen LogP contribution in [0.3, 0.4) is 0 Å². The molecule has 1 aliphatic heterocycles. The van der Waals surface area contributed by atoms with Crippen LogP contribution in [0, 0.1) is 0 Å². The molecule has 4 heteroatoms. The molecule has 110 valence electrons. The molecule has 0 bridgehead atoms. The molecule has 1 N–H and O–H groups in total. The molecule has 0 amide bonds. The summed E-state index contributed by atoms with van der Waals surface area (Å²) in [6.07, 6.45) is 3.35. The van der Waals surface area contributed by atoms with Crippen LogP contribution in [-0.4, -0.2) is 29.1 Å². The van der Waals surface area contributed by atoms with Crippen LogP contribution in [-0.2, 0) is 19.5 Å². The van der Waals surface area contributed by atoms with Gasteiger partial charge in [-0.15, -0.1) is 0 Å². The van der Waals surface area contributed by atoms with E-state index in [0.717, 1.165) is 25.1 Å². The lowest BCUT2D eigenvalue weighted by Gasteiger charge is -2.28. The Balaban J connectivity index is 2.01. The number of hydrogen-bond donors (Lipinski definition) is 1. The molecule has 4 nitrogen and oxygen atoms in total. The van der Waals surface area contributed by atoms with Gasteiger partial charge >= 0.3 is 0 Å². The quantitative estimate of drug-likeness (QED) is 0.908. The average molecular weight is 275 g/mol. The summed E-state index contributed by atoms with van der Waals surface area (Å²) >= 11 is 0. The first-order chi connectivity index (χ1) is 9.56. The van der Waals surface area contributed by atoms with Crippen LogP contribution in [0.5, 0.6) is 0 Å². The van der Waals surface area contributed by atoms with E-state index in [2.05, 4.69) is 41.7 Å².